The number of hydrogen-bond acceptors (Lipinski definition) is 6. The third-order valence-corrected chi connectivity index (χ3v) is 6.05. The summed E-state index contributed by atoms with van der Waals surface area (Å²) in [4.78, 5) is 18.1. The summed E-state index contributed by atoms with van der Waals surface area (Å²) >= 11 is 3.42. The Kier molecular flexibility index (Phi) is 7.63. The van der Waals surface area contributed by atoms with Gasteiger partial charge in [-0.3, -0.25) is 4.79 Å². The van der Waals surface area contributed by atoms with E-state index in [-0.39, 0.29) is 18.0 Å². The van der Waals surface area contributed by atoms with E-state index in [1.54, 1.807) is 36.5 Å². The van der Waals surface area contributed by atoms with Crippen LogP contribution in [0, 0.1) is 5.82 Å². The lowest BCUT2D eigenvalue weighted by Crippen LogP contribution is -2.29. The number of benzene rings is 3. The van der Waals surface area contributed by atoms with E-state index in [2.05, 4.69) is 21.0 Å². The van der Waals surface area contributed by atoms with Crippen molar-refractivity contribution >= 4 is 33.0 Å². The summed E-state index contributed by atoms with van der Waals surface area (Å²) in [5.74, 6) is 1.36. The molecule has 0 aliphatic heterocycles. The first kappa shape index (κ1) is 26.3. The molecule has 4 rings (SSSR count). The standard InChI is InChI=1S/C28H27BrFN3O4/c1-28(2,3)27-32-22-10-9-19(29)14-21(22)26(34)33(27)31-15-18-12-23(35-4)25(24(13-18)36-5)37-16-17-7-6-8-20(30)11-17/h6-15H,16H2,1-5H3. The second kappa shape index (κ2) is 10.7. The van der Waals surface area contributed by atoms with Crippen LogP contribution in [-0.4, -0.2) is 30.1 Å². The summed E-state index contributed by atoms with van der Waals surface area (Å²) in [6, 6.07) is 15.0. The molecule has 0 fully saturated rings. The molecule has 0 amide bonds. The van der Waals surface area contributed by atoms with Crippen LogP contribution in [0.15, 0.2) is 69.0 Å². The van der Waals surface area contributed by atoms with Gasteiger partial charge in [0.05, 0.1) is 31.3 Å². The Labute approximate surface area is 222 Å². The molecule has 4 aromatic rings. The Balaban J connectivity index is 1.74. The largest absolute Gasteiger partial charge is 0.493 e. The molecule has 7 nitrogen and oxygen atoms in total. The zero-order valence-electron chi connectivity index (χ0n) is 21.2. The molecule has 192 valence electrons. The first-order valence-corrected chi connectivity index (χ1v) is 12.3. The predicted molar refractivity (Wildman–Crippen MR) is 146 cm³/mol. The molecule has 0 saturated heterocycles. The summed E-state index contributed by atoms with van der Waals surface area (Å²) in [6.07, 6.45) is 1.55. The van der Waals surface area contributed by atoms with Crippen LogP contribution in [-0.2, 0) is 12.0 Å². The molecular weight excluding hydrogens is 541 g/mol. The van der Waals surface area contributed by atoms with Gasteiger partial charge < -0.3 is 14.2 Å². The van der Waals surface area contributed by atoms with Crippen molar-refractivity contribution in [2.45, 2.75) is 32.8 Å². The lowest BCUT2D eigenvalue weighted by Gasteiger charge is -2.21. The molecule has 1 heterocycles. The van der Waals surface area contributed by atoms with Gasteiger partial charge in [0.2, 0.25) is 5.75 Å². The Morgan fingerprint density at radius 2 is 1.76 bits per heavy atom. The second-order valence-electron chi connectivity index (χ2n) is 9.38. The van der Waals surface area contributed by atoms with E-state index in [9.17, 15) is 9.18 Å². The van der Waals surface area contributed by atoms with Crippen LogP contribution in [0.2, 0.25) is 0 Å². The van der Waals surface area contributed by atoms with E-state index in [1.807, 2.05) is 32.9 Å². The summed E-state index contributed by atoms with van der Waals surface area (Å²) < 4.78 is 32.6. The van der Waals surface area contributed by atoms with Gasteiger partial charge in [-0.2, -0.15) is 9.78 Å². The van der Waals surface area contributed by atoms with E-state index in [4.69, 9.17) is 19.2 Å². The fourth-order valence-corrected chi connectivity index (χ4v) is 4.13. The summed E-state index contributed by atoms with van der Waals surface area (Å²) in [5, 5.41) is 4.97. The minimum absolute atomic E-state index is 0.126. The highest BCUT2D eigenvalue weighted by molar-refractivity contribution is 9.10. The molecule has 9 heteroatoms. The van der Waals surface area contributed by atoms with Crippen LogP contribution in [0.25, 0.3) is 10.9 Å². The van der Waals surface area contributed by atoms with Crippen molar-refractivity contribution in [3.8, 4) is 17.2 Å². The van der Waals surface area contributed by atoms with Crippen molar-refractivity contribution in [1.82, 2.24) is 9.66 Å². The van der Waals surface area contributed by atoms with Crippen molar-refractivity contribution in [3.63, 3.8) is 0 Å². The van der Waals surface area contributed by atoms with Gasteiger partial charge >= 0.3 is 0 Å². The minimum atomic E-state index is -0.443. The number of methoxy groups -OCH3 is 2. The lowest BCUT2D eigenvalue weighted by molar-refractivity contribution is 0.265. The third kappa shape index (κ3) is 5.83. The molecular formula is C28H27BrFN3O4. The average molecular weight is 568 g/mol. The van der Waals surface area contributed by atoms with Crippen LogP contribution >= 0.6 is 15.9 Å². The molecule has 0 aliphatic carbocycles. The fourth-order valence-electron chi connectivity index (χ4n) is 3.76. The Morgan fingerprint density at radius 1 is 1.05 bits per heavy atom. The van der Waals surface area contributed by atoms with E-state index < -0.39 is 5.41 Å². The van der Waals surface area contributed by atoms with Crippen molar-refractivity contribution in [2.75, 3.05) is 14.2 Å². The fraction of sp³-hybridized carbons (Fsp3) is 0.250. The topological polar surface area (TPSA) is 74.9 Å². The zero-order valence-corrected chi connectivity index (χ0v) is 22.8. The molecule has 1 aromatic heterocycles. The maximum Gasteiger partial charge on any atom is 0.282 e. The summed E-state index contributed by atoms with van der Waals surface area (Å²) in [7, 11) is 3.02. The van der Waals surface area contributed by atoms with E-state index in [1.165, 1.54) is 31.0 Å². The Hall–Kier alpha value is -3.72. The van der Waals surface area contributed by atoms with Gasteiger partial charge in [0.25, 0.3) is 5.56 Å². The molecule has 3 aromatic carbocycles. The first-order chi connectivity index (χ1) is 17.6. The monoisotopic (exact) mass is 567 g/mol. The Bertz CT molecular complexity index is 1520. The van der Waals surface area contributed by atoms with Gasteiger partial charge in [0.1, 0.15) is 18.2 Å². The maximum atomic E-state index is 13.5. The highest BCUT2D eigenvalue weighted by Gasteiger charge is 2.23. The predicted octanol–water partition coefficient (Wildman–Crippen LogP) is 6.07. The highest BCUT2D eigenvalue weighted by Crippen LogP contribution is 2.39. The molecule has 0 N–H and O–H groups in total. The second-order valence-corrected chi connectivity index (χ2v) is 10.3. The molecule has 0 saturated carbocycles. The van der Waals surface area contributed by atoms with Gasteiger partial charge in [0, 0.05) is 15.5 Å². The number of fused-ring (bicyclic) bond motifs is 1. The molecule has 0 unspecified atom stereocenters. The molecule has 0 aliphatic rings. The molecule has 0 bridgehead atoms. The molecule has 0 radical (unpaired) electrons. The number of ether oxygens (including phenoxy) is 3. The van der Waals surface area contributed by atoms with Crippen LogP contribution in [0.5, 0.6) is 17.2 Å². The van der Waals surface area contributed by atoms with Gasteiger partial charge in [-0.25, -0.2) is 9.37 Å². The van der Waals surface area contributed by atoms with Gasteiger partial charge in [-0.15, -0.1) is 0 Å². The zero-order chi connectivity index (χ0) is 26.7. The quantitative estimate of drug-likeness (QED) is 0.253. The molecule has 0 spiro atoms. The maximum absolute atomic E-state index is 13.5. The molecule has 0 atom stereocenters. The third-order valence-electron chi connectivity index (χ3n) is 5.56. The van der Waals surface area contributed by atoms with Gasteiger partial charge in [-0.1, -0.05) is 48.8 Å². The van der Waals surface area contributed by atoms with E-state index in [0.29, 0.717) is 45.1 Å². The van der Waals surface area contributed by atoms with Crippen LogP contribution in [0.1, 0.15) is 37.7 Å². The van der Waals surface area contributed by atoms with E-state index in [0.717, 1.165) is 4.47 Å². The first-order valence-electron chi connectivity index (χ1n) is 11.5. The van der Waals surface area contributed by atoms with Crippen LogP contribution in [0.3, 0.4) is 0 Å². The molecule has 37 heavy (non-hydrogen) atoms. The smallest absolute Gasteiger partial charge is 0.282 e. The lowest BCUT2D eigenvalue weighted by atomic mass is 9.95. The normalized spacial score (nSPS) is 11.8. The number of aromatic nitrogens is 2. The number of rotatable bonds is 7. The van der Waals surface area contributed by atoms with Crippen LogP contribution < -0.4 is 19.8 Å². The number of halogens is 2. The number of hydrogen-bond donors (Lipinski definition) is 0. The number of nitrogens with zero attached hydrogens (tertiary/aromatic N) is 3. The average Bonchev–Trinajstić information content (AvgIpc) is 2.86. The highest BCUT2D eigenvalue weighted by atomic mass is 79.9. The van der Waals surface area contributed by atoms with Crippen molar-refractivity contribution < 1.29 is 18.6 Å². The van der Waals surface area contributed by atoms with Crippen molar-refractivity contribution in [3.05, 3.63) is 92.2 Å². The summed E-state index contributed by atoms with van der Waals surface area (Å²) in [6.45, 7) is 6.05. The van der Waals surface area contributed by atoms with Crippen molar-refractivity contribution in [1.29, 1.82) is 0 Å². The Morgan fingerprint density at radius 3 is 2.38 bits per heavy atom. The van der Waals surface area contributed by atoms with E-state index >= 15 is 0 Å². The van der Waals surface area contributed by atoms with Gasteiger partial charge in [-0.05, 0) is 48.0 Å². The minimum Gasteiger partial charge on any atom is -0.493 e. The van der Waals surface area contributed by atoms with Gasteiger partial charge in [0.15, 0.2) is 11.5 Å². The van der Waals surface area contributed by atoms with Crippen LogP contribution in [0.4, 0.5) is 4.39 Å². The summed E-state index contributed by atoms with van der Waals surface area (Å²) in [5.41, 5.74) is 1.17. The SMILES string of the molecule is COc1cc(C=Nn2c(C(C)(C)C)nc3ccc(Br)cc3c2=O)cc(OC)c1OCc1cccc(F)c1. The van der Waals surface area contributed by atoms with Crippen molar-refractivity contribution in [2.24, 2.45) is 5.10 Å².